The molecule has 0 bridgehead atoms. The number of ether oxygens (including phenoxy) is 1. The molecular weight excluding hydrogens is 244 g/mol. The molecule has 0 amide bonds. The zero-order valence-corrected chi connectivity index (χ0v) is 11.1. The quantitative estimate of drug-likeness (QED) is 0.917. The van der Waals surface area contributed by atoms with Crippen molar-refractivity contribution in [3.05, 3.63) is 41.7 Å². The Morgan fingerprint density at radius 2 is 2.05 bits per heavy atom. The number of aromatic nitrogens is 2. The van der Waals surface area contributed by atoms with Gasteiger partial charge in [0.05, 0.1) is 6.10 Å². The molecule has 0 aliphatic rings. The second-order valence-electron chi connectivity index (χ2n) is 4.52. The number of carbonyl (C=O) groups is 1. The number of hydrogen-bond donors (Lipinski definition) is 1. The molecule has 0 aliphatic carbocycles. The van der Waals surface area contributed by atoms with Gasteiger partial charge in [-0.15, -0.1) is 0 Å². The Kier molecular flexibility index (Phi) is 3.55. The SMILES string of the molecule is Cc1cc(C(=O)O)nn1-c1ccccc1OC(C)C. The Morgan fingerprint density at radius 3 is 2.63 bits per heavy atom. The van der Waals surface area contributed by atoms with Crippen molar-refractivity contribution in [2.45, 2.75) is 26.9 Å². The maximum Gasteiger partial charge on any atom is 0.356 e. The normalized spacial score (nSPS) is 10.7. The lowest BCUT2D eigenvalue weighted by molar-refractivity contribution is 0.0690. The number of rotatable bonds is 4. The number of aromatic carboxylic acids is 1. The van der Waals surface area contributed by atoms with Crippen LogP contribution in [0.1, 0.15) is 30.0 Å². The second-order valence-corrected chi connectivity index (χ2v) is 4.52. The Balaban J connectivity index is 2.49. The summed E-state index contributed by atoms with van der Waals surface area (Å²) in [5.74, 6) is -0.357. The van der Waals surface area contributed by atoms with E-state index in [-0.39, 0.29) is 11.8 Å². The smallest absolute Gasteiger partial charge is 0.356 e. The molecule has 1 heterocycles. The first-order valence-electron chi connectivity index (χ1n) is 6.05. The standard InChI is InChI=1S/C14H16N2O3/c1-9(2)19-13-7-5-4-6-12(13)16-10(3)8-11(15-16)14(17)18/h4-9H,1-3H3,(H,17,18). The summed E-state index contributed by atoms with van der Waals surface area (Å²) >= 11 is 0. The van der Waals surface area contributed by atoms with Crippen molar-refractivity contribution in [1.82, 2.24) is 9.78 Å². The molecule has 1 aromatic carbocycles. The van der Waals surface area contributed by atoms with Crippen LogP contribution in [-0.2, 0) is 0 Å². The monoisotopic (exact) mass is 260 g/mol. The molecule has 1 aromatic heterocycles. The Hall–Kier alpha value is -2.30. The van der Waals surface area contributed by atoms with Crippen molar-refractivity contribution in [2.75, 3.05) is 0 Å². The van der Waals surface area contributed by atoms with Crippen LogP contribution in [0.2, 0.25) is 0 Å². The molecule has 2 rings (SSSR count). The Morgan fingerprint density at radius 1 is 1.37 bits per heavy atom. The van der Waals surface area contributed by atoms with Gasteiger partial charge in [0.1, 0.15) is 11.4 Å². The molecule has 0 atom stereocenters. The summed E-state index contributed by atoms with van der Waals surface area (Å²) in [6.07, 6.45) is 0.0379. The van der Waals surface area contributed by atoms with Gasteiger partial charge in [-0.05, 0) is 39.0 Å². The minimum absolute atomic E-state index is 0.0249. The van der Waals surface area contributed by atoms with E-state index in [0.717, 1.165) is 11.4 Å². The molecule has 0 saturated carbocycles. The number of carboxylic acid groups (broad SMARTS) is 1. The van der Waals surface area contributed by atoms with Crippen LogP contribution < -0.4 is 4.74 Å². The fourth-order valence-electron chi connectivity index (χ4n) is 1.81. The van der Waals surface area contributed by atoms with Crippen molar-refractivity contribution in [3.63, 3.8) is 0 Å². The lowest BCUT2D eigenvalue weighted by Crippen LogP contribution is -2.10. The molecule has 19 heavy (non-hydrogen) atoms. The number of benzene rings is 1. The van der Waals surface area contributed by atoms with Gasteiger partial charge in [-0.2, -0.15) is 5.10 Å². The van der Waals surface area contributed by atoms with Crippen LogP contribution in [0.3, 0.4) is 0 Å². The first-order valence-corrected chi connectivity index (χ1v) is 6.05. The molecular formula is C14H16N2O3. The third-order valence-electron chi connectivity index (χ3n) is 2.56. The van der Waals surface area contributed by atoms with Crippen molar-refractivity contribution in [1.29, 1.82) is 0 Å². The van der Waals surface area contributed by atoms with Crippen molar-refractivity contribution >= 4 is 5.97 Å². The van der Waals surface area contributed by atoms with Crippen LogP contribution in [0.4, 0.5) is 0 Å². The molecule has 0 aliphatic heterocycles. The van der Waals surface area contributed by atoms with Crippen LogP contribution in [0, 0.1) is 6.92 Å². The average Bonchev–Trinajstić information content (AvgIpc) is 2.71. The summed E-state index contributed by atoms with van der Waals surface area (Å²) in [6, 6.07) is 8.97. The summed E-state index contributed by atoms with van der Waals surface area (Å²) < 4.78 is 7.30. The van der Waals surface area contributed by atoms with E-state index in [1.807, 2.05) is 45.0 Å². The minimum Gasteiger partial charge on any atom is -0.489 e. The predicted octanol–water partition coefficient (Wildman–Crippen LogP) is 2.67. The molecule has 0 spiro atoms. The van der Waals surface area contributed by atoms with Gasteiger partial charge in [0, 0.05) is 5.69 Å². The van der Waals surface area contributed by atoms with E-state index in [1.165, 1.54) is 6.07 Å². The third kappa shape index (κ3) is 2.76. The summed E-state index contributed by atoms with van der Waals surface area (Å²) in [6.45, 7) is 5.69. The highest BCUT2D eigenvalue weighted by atomic mass is 16.5. The third-order valence-corrected chi connectivity index (χ3v) is 2.56. The van der Waals surface area contributed by atoms with E-state index in [9.17, 15) is 4.79 Å². The number of hydrogen-bond acceptors (Lipinski definition) is 3. The van der Waals surface area contributed by atoms with Gasteiger partial charge in [-0.25, -0.2) is 9.48 Å². The number of para-hydroxylation sites is 2. The summed E-state index contributed by atoms with van der Waals surface area (Å²) in [4.78, 5) is 11.0. The lowest BCUT2D eigenvalue weighted by atomic mass is 10.3. The maximum absolute atomic E-state index is 11.0. The van der Waals surface area contributed by atoms with Crippen molar-refractivity contribution in [3.8, 4) is 11.4 Å². The topological polar surface area (TPSA) is 64.3 Å². The van der Waals surface area contributed by atoms with Crippen LogP contribution in [0.5, 0.6) is 5.75 Å². The van der Waals surface area contributed by atoms with Gasteiger partial charge in [-0.3, -0.25) is 0 Å². The average molecular weight is 260 g/mol. The number of aryl methyl sites for hydroxylation is 1. The molecule has 100 valence electrons. The Labute approximate surface area is 111 Å². The highest BCUT2D eigenvalue weighted by Crippen LogP contribution is 2.24. The van der Waals surface area contributed by atoms with Gasteiger partial charge in [0.25, 0.3) is 0 Å². The van der Waals surface area contributed by atoms with Gasteiger partial charge in [-0.1, -0.05) is 12.1 Å². The molecule has 1 N–H and O–H groups in total. The maximum atomic E-state index is 11.0. The van der Waals surface area contributed by atoms with E-state index >= 15 is 0 Å². The highest BCUT2D eigenvalue weighted by molar-refractivity contribution is 5.85. The predicted molar refractivity (Wildman–Crippen MR) is 71.0 cm³/mol. The summed E-state index contributed by atoms with van der Waals surface area (Å²) in [7, 11) is 0. The van der Waals surface area contributed by atoms with Gasteiger partial charge in [0.15, 0.2) is 5.69 Å². The summed E-state index contributed by atoms with van der Waals surface area (Å²) in [5.41, 5.74) is 1.51. The summed E-state index contributed by atoms with van der Waals surface area (Å²) in [5, 5.41) is 13.1. The largest absolute Gasteiger partial charge is 0.489 e. The zero-order valence-electron chi connectivity index (χ0n) is 11.1. The molecule has 2 aromatic rings. The molecule has 0 fully saturated rings. The van der Waals surface area contributed by atoms with Crippen LogP contribution in [0.15, 0.2) is 30.3 Å². The lowest BCUT2D eigenvalue weighted by Gasteiger charge is -2.14. The number of carboxylic acids is 1. The van der Waals surface area contributed by atoms with Crippen LogP contribution in [0.25, 0.3) is 5.69 Å². The molecule has 0 radical (unpaired) electrons. The van der Waals surface area contributed by atoms with E-state index in [4.69, 9.17) is 9.84 Å². The first-order chi connectivity index (χ1) is 8.99. The minimum atomic E-state index is -1.04. The molecule has 5 nitrogen and oxygen atoms in total. The highest BCUT2D eigenvalue weighted by Gasteiger charge is 2.14. The van der Waals surface area contributed by atoms with Crippen LogP contribution >= 0.6 is 0 Å². The molecule has 0 unspecified atom stereocenters. The zero-order chi connectivity index (χ0) is 14.0. The fourth-order valence-corrected chi connectivity index (χ4v) is 1.81. The molecule has 5 heteroatoms. The van der Waals surface area contributed by atoms with Crippen LogP contribution in [-0.4, -0.2) is 27.0 Å². The van der Waals surface area contributed by atoms with E-state index in [2.05, 4.69) is 5.10 Å². The first kappa shape index (κ1) is 13.1. The van der Waals surface area contributed by atoms with Gasteiger partial charge >= 0.3 is 5.97 Å². The fraction of sp³-hybridized carbons (Fsp3) is 0.286. The van der Waals surface area contributed by atoms with Crippen molar-refractivity contribution < 1.29 is 14.6 Å². The van der Waals surface area contributed by atoms with Crippen molar-refractivity contribution in [2.24, 2.45) is 0 Å². The van der Waals surface area contributed by atoms with E-state index in [0.29, 0.717) is 5.75 Å². The molecule has 0 saturated heterocycles. The second kappa shape index (κ2) is 5.14. The van der Waals surface area contributed by atoms with Gasteiger partial charge < -0.3 is 9.84 Å². The number of nitrogens with zero attached hydrogens (tertiary/aromatic N) is 2. The van der Waals surface area contributed by atoms with E-state index in [1.54, 1.807) is 4.68 Å². The van der Waals surface area contributed by atoms with Gasteiger partial charge in [0.2, 0.25) is 0 Å². The Bertz CT molecular complexity index is 602. The van der Waals surface area contributed by atoms with E-state index < -0.39 is 5.97 Å².